The van der Waals surface area contributed by atoms with E-state index in [9.17, 15) is 9.90 Å². The number of halogens is 2. The summed E-state index contributed by atoms with van der Waals surface area (Å²) in [6.07, 6.45) is 1.31. The summed E-state index contributed by atoms with van der Waals surface area (Å²) in [6.45, 7) is 1.94. The van der Waals surface area contributed by atoms with E-state index in [0.29, 0.717) is 11.4 Å². The molecule has 1 aliphatic rings. The smallest absolute Gasteiger partial charge is 0.195 e. The molecule has 0 saturated heterocycles. The van der Waals surface area contributed by atoms with Crippen LogP contribution < -0.4 is 0 Å². The van der Waals surface area contributed by atoms with Crippen molar-refractivity contribution in [2.24, 2.45) is 0 Å². The van der Waals surface area contributed by atoms with Gasteiger partial charge in [0.1, 0.15) is 0 Å². The molecule has 1 N–H and O–H groups in total. The zero-order valence-electron chi connectivity index (χ0n) is 13.4. The topological polar surface area (TPSA) is 50.2 Å². The minimum absolute atomic E-state index is 0.0205. The highest BCUT2D eigenvalue weighted by molar-refractivity contribution is 6.31. The van der Waals surface area contributed by atoms with Crippen molar-refractivity contribution in [3.63, 3.8) is 0 Å². The Kier molecular flexibility index (Phi) is 4.70. The van der Waals surface area contributed by atoms with Crippen molar-refractivity contribution in [2.75, 3.05) is 0 Å². The van der Waals surface area contributed by atoms with Crippen LogP contribution in [0.2, 0.25) is 5.02 Å². The number of ketones is 1. The van der Waals surface area contributed by atoms with E-state index in [1.165, 1.54) is 6.20 Å². The number of aromatic nitrogens is 1. The molecule has 1 heterocycles. The lowest BCUT2D eigenvalue weighted by molar-refractivity contribution is -0.133. The summed E-state index contributed by atoms with van der Waals surface area (Å²) in [5, 5.41) is 10.6. The molecule has 0 bridgehead atoms. The summed E-state index contributed by atoms with van der Waals surface area (Å²) in [6, 6.07) is 8.77. The van der Waals surface area contributed by atoms with E-state index < -0.39 is 17.6 Å². The Labute approximate surface area is 145 Å². The summed E-state index contributed by atoms with van der Waals surface area (Å²) < 4.78 is 15.5. The highest BCUT2D eigenvalue weighted by atomic mass is 35.5. The fourth-order valence-corrected chi connectivity index (χ4v) is 3.55. The summed E-state index contributed by atoms with van der Waals surface area (Å²) in [4.78, 5) is 16.7. The van der Waals surface area contributed by atoms with E-state index in [-0.39, 0.29) is 30.5 Å². The molecule has 1 aromatic carbocycles. The molecule has 24 heavy (non-hydrogen) atoms. The molecule has 3 nitrogen and oxygen atoms in total. The van der Waals surface area contributed by atoms with Crippen molar-refractivity contribution in [1.29, 1.82) is 0 Å². The number of pyridine rings is 1. The zero-order valence-corrected chi connectivity index (χ0v) is 14.2. The highest BCUT2D eigenvalue weighted by Gasteiger charge is 2.45. The van der Waals surface area contributed by atoms with Crippen LogP contribution in [0.1, 0.15) is 47.8 Å². The SMILES string of the molecule is Cc1ccc(CCC(=O)[C@]2(F)CC[C@@H](O)c3ncccc32)c(Cl)c1. The predicted molar refractivity (Wildman–Crippen MR) is 90.7 cm³/mol. The number of aliphatic hydroxyl groups is 1. The summed E-state index contributed by atoms with van der Waals surface area (Å²) in [5.41, 5.74) is 0.261. The number of carbonyl (C=O) groups excluding carboxylic acids is 1. The first-order chi connectivity index (χ1) is 11.4. The minimum atomic E-state index is -2.08. The molecule has 0 unspecified atom stereocenters. The Morgan fingerprint density at radius 2 is 2.25 bits per heavy atom. The maximum Gasteiger partial charge on any atom is 0.195 e. The number of aryl methyl sites for hydroxylation is 2. The van der Waals surface area contributed by atoms with Gasteiger partial charge in [-0.1, -0.05) is 29.8 Å². The number of fused-ring (bicyclic) bond motifs is 1. The normalized spacial score (nSPS) is 22.9. The number of Topliss-reactive ketones (excluding diaryl/α,β-unsaturated/α-hetero) is 1. The van der Waals surface area contributed by atoms with Crippen LogP contribution >= 0.6 is 11.6 Å². The average Bonchev–Trinajstić information content (AvgIpc) is 2.57. The summed E-state index contributed by atoms with van der Waals surface area (Å²) >= 11 is 6.19. The van der Waals surface area contributed by atoms with Gasteiger partial charge in [-0.2, -0.15) is 0 Å². The van der Waals surface area contributed by atoms with Crippen LogP contribution in [0.5, 0.6) is 0 Å². The standard InChI is InChI=1S/C19H19ClFNO2/c1-12-4-5-13(15(20)11-12)6-7-17(24)19(21)9-8-16(23)18-14(19)3-2-10-22-18/h2-5,10-11,16,23H,6-9H2,1H3/t16-,19+/m1/s1. The molecule has 1 aromatic heterocycles. The van der Waals surface area contributed by atoms with Gasteiger partial charge in [-0.05, 0) is 49.4 Å². The lowest BCUT2D eigenvalue weighted by Gasteiger charge is -2.32. The van der Waals surface area contributed by atoms with Gasteiger partial charge in [-0.25, -0.2) is 4.39 Å². The second-order valence-electron chi connectivity index (χ2n) is 6.31. The van der Waals surface area contributed by atoms with Crippen LogP contribution in [0.4, 0.5) is 4.39 Å². The van der Waals surface area contributed by atoms with Crippen molar-refractivity contribution in [1.82, 2.24) is 4.98 Å². The molecular weight excluding hydrogens is 329 g/mol. The summed E-state index contributed by atoms with van der Waals surface area (Å²) in [7, 11) is 0. The van der Waals surface area contributed by atoms with E-state index in [1.807, 2.05) is 25.1 Å². The molecule has 0 radical (unpaired) electrons. The van der Waals surface area contributed by atoms with Crippen molar-refractivity contribution in [3.05, 3.63) is 63.9 Å². The van der Waals surface area contributed by atoms with Gasteiger partial charge in [0.15, 0.2) is 11.5 Å². The van der Waals surface area contributed by atoms with E-state index in [4.69, 9.17) is 11.6 Å². The van der Waals surface area contributed by atoms with Crippen LogP contribution in [-0.2, 0) is 16.9 Å². The molecular formula is C19H19ClFNO2. The monoisotopic (exact) mass is 347 g/mol. The summed E-state index contributed by atoms with van der Waals surface area (Å²) in [5.74, 6) is -0.486. The number of carbonyl (C=O) groups is 1. The second kappa shape index (κ2) is 6.61. The molecule has 3 rings (SSSR count). The largest absolute Gasteiger partial charge is 0.387 e. The maximum absolute atomic E-state index is 15.5. The lowest BCUT2D eigenvalue weighted by Crippen LogP contribution is -2.36. The van der Waals surface area contributed by atoms with Crippen LogP contribution in [0.15, 0.2) is 36.5 Å². The van der Waals surface area contributed by atoms with E-state index >= 15 is 4.39 Å². The number of hydrogen-bond donors (Lipinski definition) is 1. The third-order valence-corrected chi connectivity index (χ3v) is 4.97. The lowest BCUT2D eigenvalue weighted by atomic mass is 9.77. The molecule has 0 aliphatic heterocycles. The number of aliphatic hydroxyl groups excluding tert-OH is 1. The third kappa shape index (κ3) is 3.08. The first-order valence-electron chi connectivity index (χ1n) is 8.02. The Morgan fingerprint density at radius 3 is 3.00 bits per heavy atom. The Morgan fingerprint density at radius 1 is 1.46 bits per heavy atom. The van der Waals surface area contributed by atoms with Gasteiger partial charge in [0.2, 0.25) is 0 Å². The second-order valence-corrected chi connectivity index (χ2v) is 6.72. The molecule has 0 saturated carbocycles. The first kappa shape index (κ1) is 17.1. The van der Waals surface area contributed by atoms with Gasteiger partial charge >= 0.3 is 0 Å². The van der Waals surface area contributed by atoms with E-state index in [1.54, 1.807) is 12.1 Å². The van der Waals surface area contributed by atoms with Crippen molar-refractivity contribution < 1.29 is 14.3 Å². The van der Waals surface area contributed by atoms with Crippen LogP contribution in [-0.4, -0.2) is 15.9 Å². The van der Waals surface area contributed by atoms with Gasteiger partial charge in [0.25, 0.3) is 0 Å². The molecule has 1 aliphatic carbocycles. The molecule has 0 amide bonds. The molecule has 2 aromatic rings. The van der Waals surface area contributed by atoms with E-state index in [2.05, 4.69) is 4.98 Å². The number of alkyl halides is 1. The van der Waals surface area contributed by atoms with Crippen molar-refractivity contribution in [2.45, 2.75) is 44.4 Å². The number of benzene rings is 1. The predicted octanol–water partition coefficient (Wildman–Crippen LogP) is 4.24. The fraction of sp³-hybridized carbons (Fsp3) is 0.368. The highest BCUT2D eigenvalue weighted by Crippen LogP contribution is 2.43. The number of nitrogens with zero attached hydrogens (tertiary/aromatic N) is 1. The molecule has 2 atom stereocenters. The van der Waals surface area contributed by atoms with Gasteiger partial charge in [-0.15, -0.1) is 0 Å². The maximum atomic E-state index is 15.5. The zero-order chi connectivity index (χ0) is 17.3. The van der Waals surface area contributed by atoms with Crippen LogP contribution in [0, 0.1) is 6.92 Å². The molecule has 0 fully saturated rings. The van der Waals surface area contributed by atoms with Crippen molar-refractivity contribution >= 4 is 17.4 Å². The Bertz CT molecular complexity index is 780. The van der Waals surface area contributed by atoms with Crippen molar-refractivity contribution in [3.8, 4) is 0 Å². The number of rotatable bonds is 4. The quantitative estimate of drug-likeness (QED) is 0.900. The fourth-order valence-electron chi connectivity index (χ4n) is 3.22. The molecule has 126 valence electrons. The first-order valence-corrected chi connectivity index (χ1v) is 8.40. The number of hydrogen-bond acceptors (Lipinski definition) is 3. The Balaban J connectivity index is 1.81. The van der Waals surface area contributed by atoms with Gasteiger partial charge < -0.3 is 5.11 Å². The van der Waals surface area contributed by atoms with Crippen LogP contribution in [0.3, 0.4) is 0 Å². The van der Waals surface area contributed by atoms with E-state index in [0.717, 1.165) is 11.1 Å². The average molecular weight is 348 g/mol. The van der Waals surface area contributed by atoms with Gasteiger partial charge in [0.05, 0.1) is 11.8 Å². The molecule has 5 heteroatoms. The Hall–Kier alpha value is -1.78. The minimum Gasteiger partial charge on any atom is -0.387 e. The van der Waals surface area contributed by atoms with Gasteiger partial charge in [0, 0.05) is 23.2 Å². The third-order valence-electron chi connectivity index (χ3n) is 4.62. The molecule has 0 spiro atoms. The van der Waals surface area contributed by atoms with Crippen LogP contribution in [0.25, 0.3) is 0 Å². The van der Waals surface area contributed by atoms with Gasteiger partial charge in [-0.3, -0.25) is 9.78 Å².